The number of hydrogen-bond acceptors (Lipinski definition) is 2. The minimum atomic E-state index is 0.0640. The van der Waals surface area contributed by atoms with Crippen molar-refractivity contribution in [2.24, 2.45) is 0 Å². The number of nitrogens with one attached hydrogen (secondary N) is 1. The summed E-state index contributed by atoms with van der Waals surface area (Å²) >= 11 is 1.81. The minimum absolute atomic E-state index is 0.0640. The van der Waals surface area contributed by atoms with Gasteiger partial charge in [0.2, 0.25) is 5.91 Å². The first kappa shape index (κ1) is 10.8. The lowest BCUT2D eigenvalue weighted by Crippen LogP contribution is -2.28. The van der Waals surface area contributed by atoms with Gasteiger partial charge in [-0.1, -0.05) is 12.1 Å². The molecule has 0 saturated heterocycles. The Morgan fingerprint density at radius 1 is 1.41 bits per heavy atom. The lowest BCUT2D eigenvalue weighted by Gasteiger charge is -2.26. The highest BCUT2D eigenvalue weighted by molar-refractivity contribution is 7.17. The first-order valence-corrected chi connectivity index (χ1v) is 6.90. The van der Waals surface area contributed by atoms with Crippen LogP contribution >= 0.6 is 11.3 Å². The van der Waals surface area contributed by atoms with Crippen LogP contribution in [0.2, 0.25) is 0 Å². The molecule has 1 heterocycles. The van der Waals surface area contributed by atoms with Gasteiger partial charge in [-0.05, 0) is 47.2 Å². The molecule has 2 aromatic rings. The van der Waals surface area contributed by atoms with E-state index in [1.807, 2.05) is 11.3 Å². The molecule has 1 aliphatic carbocycles. The lowest BCUT2D eigenvalue weighted by atomic mass is 9.87. The van der Waals surface area contributed by atoms with Gasteiger partial charge in [0.25, 0.3) is 0 Å². The predicted octanol–water partition coefficient (Wildman–Crippen LogP) is 3.41. The van der Waals surface area contributed by atoms with Crippen molar-refractivity contribution in [3.8, 4) is 0 Å². The second-order valence-corrected chi connectivity index (χ2v) is 5.53. The summed E-state index contributed by atoms with van der Waals surface area (Å²) in [6.07, 6.45) is 3.36. The van der Waals surface area contributed by atoms with Crippen LogP contribution in [0.1, 0.15) is 36.9 Å². The number of hydrogen-bond donors (Lipinski definition) is 1. The fourth-order valence-electron chi connectivity index (χ4n) is 2.73. The molecule has 1 aromatic heterocycles. The summed E-state index contributed by atoms with van der Waals surface area (Å²) in [5, 5.41) is 6.54. The van der Waals surface area contributed by atoms with Gasteiger partial charge in [0.05, 0.1) is 6.04 Å². The van der Waals surface area contributed by atoms with Crippen molar-refractivity contribution in [2.45, 2.75) is 32.2 Å². The highest BCUT2D eigenvalue weighted by atomic mass is 32.1. The second-order valence-electron chi connectivity index (χ2n) is 4.62. The molecule has 1 unspecified atom stereocenters. The Morgan fingerprint density at radius 2 is 2.29 bits per heavy atom. The Labute approximate surface area is 105 Å². The maximum atomic E-state index is 11.2. The van der Waals surface area contributed by atoms with Gasteiger partial charge < -0.3 is 5.32 Å². The van der Waals surface area contributed by atoms with Crippen LogP contribution in [0, 0.1) is 0 Å². The van der Waals surface area contributed by atoms with Gasteiger partial charge in [0.15, 0.2) is 0 Å². The number of aryl methyl sites for hydroxylation is 1. The number of thiophene rings is 1. The molecular formula is C14H15NOS. The lowest BCUT2D eigenvalue weighted by molar-refractivity contribution is -0.119. The van der Waals surface area contributed by atoms with E-state index in [4.69, 9.17) is 0 Å². The number of benzene rings is 1. The maximum absolute atomic E-state index is 11.2. The van der Waals surface area contributed by atoms with Crippen LogP contribution in [0.3, 0.4) is 0 Å². The maximum Gasteiger partial charge on any atom is 0.217 e. The first-order chi connectivity index (χ1) is 8.25. The fourth-order valence-corrected chi connectivity index (χ4v) is 3.71. The molecule has 0 spiro atoms. The van der Waals surface area contributed by atoms with E-state index in [0.717, 1.165) is 19.3 Å². The molecular weight excluding hydrogens is 230 g/mol. The molecule has 0 bridgehead atoms. The molecule has 1 aliphatic rings. The molecule has 2 nitrogen and oxygen atoms in total. The summed E-state index contributed by atoms with van der Waals surface area (Å²) in [4.78, 5) is 11.2. The monoisotopic (exact) mass is 245 g/mol. The van der Waals surface area contributed by atoms with Crippen molar-refractivity contribution in [2.75, 3.05) is 0 Å². The van der Waals surface area contributed by atoms with E-state index in [1.165, 1.54) is 21.2 Å². The van der Waals surface area contributed by atoms with Crippen molar-refractivity contribution < 1.29 is 4.79 Å². The van der Waals surface area contributed by atoms with Gasteiger partial charge in [-0.25, -0.2) is 0 Å². The average molecular weight is 245 g/mol. The molecule has 1 atom stereocenters. The normalized spacial score (nSPS) is 19.0. The van der Waals surface area contributed by atoms with Crippen LogP contribution in [0.15, 0.2) is 23.6 Å². The second kappa shape index (κ2) is 4.15. The predicted molar refractivity (Wildman–Crippen MR) is 71.3 cm³/mol. The summed E-state index contributed by atoms with van der Waals surface area (Å²) in [6.45, 7) is 1.60. The van der Waals surface area contributed by atoms with E-state index < -0.39 is 0 Å². The van der Waals surface area contributed by atoms with Crippen molar-refractivity contribution in [3.05, 3.63) is 34.7 Å². The van der Waals surface area contributed by atoms with Crippen molar-refractivity contribution in [1.82, 2.24) is 5.32 Å². The van der Waals surface area contributed by atoms with Crippen LogP contribution < -0.4 is 5.32 Å². The molecule has 0 radical (unpaired) electrons. The van der Waals surface area contributed by atoms with E-state index in [2.05, 4.69) is 28.9 Å². The number of amides is 1. The van der Waals surface area contributed by atoms with Gasteiger partial charge in [-0.3, -0.25) is 4.79 Å². The van der Waals surface area contributed by atoms with E-state index in [-0.39, 0.29) is 11.9 Å². The smallest absolute Gasteiger partial charge is 0.217 e. The standard InChI is InChI=1S/C14H15NOS/c1-9(16)15-13-4-2-3-12-11(13)6-5-10-7-8-17-14(10)12/h5-8,13H,2-4H2,1H3,(H,15,16). The van der Waals surface area contributed by atoms with Gasteiger partial charge in [0.1, 0.15) is 0 Å². The number of carbonyl (C=O) groups is 1. The highest BCUT2D eigenvalue weighted by Gasteiger charge is 2.22. The largest absolute Gasteiger partial charge is 0.350 e. The average Bonchev–Trinajstić information content (AvgIpc) is 2.76. The van der Waals surface area contributed by atoms with Crippen LogP contribution in [-0.4, -0.2) is 5.91 Å². The third kappa shape index (κ3) is 1.84. The van der Waals surface area contributed by atoms with Gasteiger partial charge in [0, 0.05) is 11.6 Å². The van der Waals surface area contributed by atoms with E-state index in [1.54, 1.807) is 6.92 Å². The Hall–Kier alpha value is -1.35. The first-order valence-electron chi connectivity index (χ1n) is 6.02. The number of carbonyl (C=O) groups excluding carboxylic acids is 1. The Morgan fingerprint density at radius 3 is 3.12 bits per heavy atom. The minimum Gasteiger partial charge on any atom is -0.350 e. The van der Waals surface area contributed by atoms with Crippen LogP contribution in [0.5, 0.6) is 0 Å². The Kier molecular flexibility index (Phi) is 2.63. The van der Waals surface area contributed by atoms with E-state index in [0.29, 0.717) is 0 Å². The summed E-state index contributed by atoms with van der Waals surface area (Å²) in [7, 11) is 0. The molecule has 0 aliphatic heterocycles. The third-order valence-electron chi connectivity index (χ3n) is 3.43. The molecule has 3 heteroatoms. The SMILES string of the molecule is CC(=O)NC1CCCc2c1ccc1ccsc21. The summed E-state index contributed by atoms with van der Waals surface area (Å²) in [5.41, 5.74) is 2.77. The molecule has 1 N–H and O–H groups in total. The number of fused-ring (bicyclic) bond motifs is 3. The van der Waals surface area contributed by atoms with Crippen LogP contribution in [-0.2, 0) is 11.2 Å². The van der Waals surface area contributed by atoms with Crippen LogP contribution in [0.4, 0.5) is 0 Å². The topological polar surface area (TPSA) is 29.1 Å². The fraction of sp³-hybridized carbons (Fsp3) is 0.357. The van der Waals surface area contributed by atoms with E-state index in [9.17, 15) is 4.79 Å². The van der Waals surface area contributed by atoms with Gasteiger partial charge in [-0.2, -0.15) is 0 Å². The zero-order valence-corrected chi connectivity index (χ0v) is 10.6. The molecule has 1 amide bonds. The van der Waals surface area contributed by atoms with Crippen molar-refractivity contribution in [3.63, 3.8) is 0 Å². The Balaban J connectivity index is 2.10. The van der Waals surface area contributed by atoms with Crippen molar-refractivity contribution >= 4 is 27.3 Å². The summed E-state index contributed by atoms with van der Waals surface area (Å²) < 4.78 is 1.40. The van der Waals surface area contributed by atoms with Crippen LogP contribution in [0.25, 0.3) is 10.1 Å². The molecule has 17 heavy (non-hydrogen) atoms. The molecule has 88 valence electrons. The zero-order chi connectivity index (χ0) is 11.8. The Bertz CT molecular complexity index is 573. The van der Waals surface area contributed by atoms with Gasteiger partial charge in [-0.15, -0.1) is 11.3 Å². The van der Waals surface area contributed by atoms with Gasteiger partial charge >= 0.3 is 0 Å². The van der Waals surface area contributed by atoms with E-state index >= 15 is 0 Å². The number of rotatable bonds is 1. The zero-order valence-electron chi connectivity index (χ0n) is 9.82. The van der Waals surface area contributed by atoms with Crippen molar-refractivity contribution in [1.29, 1.82) is 0 Å². The molecule has 0 fully saturated rings. The quantitative estimate of drug-likeness (QED) is 0.819. The molecule has 1 aromatic carbocycles. The third-order valence-corrected chi connectivity index (χ3v) is 4.42. The highest BCUT2D eigenvalue weighted by Crippen LogP contribution is 2.36. The molecule has 0 saturated carbocycles. The summed E-state index contributed by atoms with van der Waals surface area (Å²) in [5.74, 6) is 0.0640. The summed E-state index contributed by atoms with van der Waals surface area (Å²) in [6, 6.07) is 6.74. The molecule has 3 rings (SSSR count).